The molecule has 0 radical (unpaired) electrons. The van der Waals surface area contributed by atoms with E-state index < -0.39 is 0 Å². The highest BCUT2D eigenvalue weighted by Gasteiger charge is 2.17. The van der Waals surface area contributed by atoms with Crippen LogP contribution >= 0.6 is 23.1 Å². The molecule has 2 heterocycles. The van der Waals surface area contributed by atoms with E-state index in [4.69, 9.17) is 9.47 Å². The number of carbonyl (C=O) groups excluding carboxylic acids is 2. The fraction of sp³-hybridized carbons (Fsp3) is 0.444. The minimum atomic E-state index is -0.111. The summed E-state index contributed by atoms with van der Waals surface area (Å²) in [4.78, 5) is 24.2. The molecule has 0 atom stereocenters. The zero-order valence-corrected chi connectivity index (χ0v) is 17.3. The molecule has 0 bridgehead atoms. The van der Waals surface area contributed by atoms with Crippen molar-refractivity contribution in [3.05, 3.63) is 23.8 Å². The number of hydrogen-bond donors (Lipinski definition) is 2. The predicted octanol–water partition coefficient (Wildman–Crippen LogP) is 3.05. The van der Waals surface area contributed by atoms with E-state index in [1.54, 1.807) is 0 Å². The number of anilines is 1. The summed E-state index contributed by atoms with van der Waals surface area (Å²) >= 11 is 2.56. The van der Waals surface area contributed by atoms with Crippen molar-refractivity contribution in [2.24, 2.45) is 5.92 Å². The monoisotopic (exact) mass is 422 g/mol. The van der Waals surface area contributed by atoms with Crippen molar-refractivity contribution in [2.45, 2.75) is 37.6 Å². The molecule has 0 spiro atoms. The van der Waals surface area contributed by atoms with Gasteiger partial charge in [-0.2, -0.15) is 0 Å². The largest absolute Gasteiger partial charge is 0.454 e. The third kappa shape index (κ3) is 5.35. The molecule has 8 nitrogen and oxygen atoms in total. The molecule has 0 unspecified atom stereocenters. The van der Waals surface area contributed by atoms with Gasteiger partial charge in [-0.3, -0.25) is 9.59 Å². The van der Waals surface area contributed by atoms with Crippen molar-refractivity contribution < 1.29 is 19.1 Å². The van der Waals surface area contributed by atoms with Gasteiger partial charge in [0.25, 0.3) is 0 Å². The number of carbonyl (C=O) groups is 2. The summed E-state index contributed by atoms with van der Waals surface area (Å²) in [6.45, 7) is 4.60. The van der Waals surface area contributed by atoms with Gasteiger partial charge in [-0.05, 0) is 30.5 Å². The number of ether oxygens (including phenoxy) is 2. The minimum absolute atomic E-state index is 0.0260. The Labute approximate surface area is 171 Å². The van der Waals surface area contributed by atoms with Crippen LogP contribution in [0.4, 0.5) is 5.13 Å². The molecular weight excluding hydrogens is 400 g/mol. The Morgan fingerprint density at radius 1 is 1.21 bits per heavy atom. The molecule has 3 rings (SSSR count). The summed E-state index contributed by atoms with van der Waals surface area (Å²) in [6, 6.07) is 5.58. The van der Waals surface area contributed by atoms with Crippen LogP contribution in [0, 0.1) is 5.92 Å². The van der Waals surface area contributed by atoms with Crippen molar-refractivity contribution in [1.82, 2.24) is 15.5 Å². The Hall–Kier alpha value is -2.33. The molecule has 2 N–H and O–H groups in total. The van der Waals surface area contributed by atoms with E-state index in [9.17, 15) is 9.59 Å². The van der Waals surface area contributed by atoms with E-state index in [0.717, 1.165) is 18.4 Å². The lowest BCUT2D eigenvalue weighted by Crippen LogP contribution is -2.24. The Kier molecular flexibility index (Phi) is 7.10. The number of benzene rings is 1. The average molecular weight is 423 g/mol. The number of nitrogens with zero attached hydrogens (tertiary/aromatic N) is 2. The zero-order chi connectivity index (χ0) is 19.9. The van der Waals surface area contributed by atoms with Crippen LogP contribution in [-0.2, 0) is 16.1 Å². The van der Waals surface area contributed by atoms with E-state index in [2.05, 4.69) is 20.8 Å². The van der Waals surface area contributed by atoms with Crippen molar-refractivity contribution >= 4 is 40.0 Å². The lowest BCUT2D eigenvalue weighted by molar-refractivity contribution is -0.120. The van der Waals surface area contributed by atoms with Gasteiger partial charge in [-0.15, -0.1) is 10.2 Å². The van der Waals surface area contributed by atoms with Crippen LogP contribution in [0.25, 0.3) is 0 Å². The van der Waals surface area contributed by atoms with Gasteiger partial charge in [0, 0.05) is 12.5 Å². The third-order valence-corrected chi connectivity index (χ3v) is 6.22. The van der Waals surface area contributed by atoms with Gasteiger partial charge in [0.2, 0.25) is 23.7 Å². The number of aromatic nitrogens is 2. The van der Waals surface area contributed by atoms with Crippen molar-refractivity contribution in [1.29, 1.82) is 0 Å². The van der Waals surface area contributed by atoms with Crippen molar-refractivity contribution in [3.63, 3.8) is 0 Å². The van der Waals surface area contributed by atoms with Gasteiger partial charge >= 0.3 is 0 Å². The molecule has 1 aliphatic rings. The summed E-state index contributed by atoms with van der Waals surface area (Å²) in [6.07, 6.45) is 1.57. The van der Waals surface area contributed by atoms with Crippen LogP contribution in [0.1, 0.15) is 32.3 Å². The number of nitrogens with one attached hydrogen (secondary N) is 2. The van der Waals surface area contributed by atoms with Crippen LogP contribution in [0.2, 0.25) is 0 Å². The fourth-order valence-electron chi connectivity index (χ4n) is 2.62. The first-order valence-corrected chi connectivity index (χ1v) is 10.8. The standard InChI is InChI=1S/C18H22N4O4S2/c1-3-12(4-2)16(24)20-17-21-22-18(28-17)27-9-15(23)19-8-11-5-6-13-14(7-11)26-10-25-13/h5-7,12H,3-4,8-10H2,1-2H3,(H,19,23)(H,20,21,24). The molecule has 1 aromatic carbocycles. The first-order valence-electron chi connectivity index (χ1n) is 9.01. The lowest BCUT2D eigenvalue weighted by atomic mass is 10.0. The number of amides is 2. The van der Waals surface area contributed by atoms with Gasteiger partial charge in [-0.1, -0.05) is 43.0 Å². The van der Waals surface area contributed by atoms with Crippen LogP contribution in [-0.4, -0.2) is 34.6 Å². The second-order valence-electron chi connectivity index (χ2n) is 6.13. The first-order chi connectivity index (χ1) is 13.6. The fourth-order valence-corrected chi connectivity index (χ4v) is 4.20. The molecule has 28 heavy (non-hydrogen) atoms. The summed E-state index contributed by atoms with van der Waals surface area (Å²) < 4.78 is 11.2. The molecule has 1 aliphatic heterocycles. The van der Waals surface area contributed by atoms with E-state index >= 15 is 0 Å². The molecule has 150 valence electrons. The Bertz CT molecular complexity index is 839. The molecule has 0 aliphatic carbocycles. The van der Waals surface area contributed by atoms with E-state index in [1.807, 2.05) is 32.0 Å². The molecule has 10 heteroatoms. The first kappa shape index (κ1) is 20.4. The maximum atomic E-state index is 12.1. The number of hydrogen-bond acceptors (Lipinski definition) is 8. The minimum Gasteiger partial charge on any atom is -0.454 e. The third-order valence-electron chi connectivity index (χ3n) is 4.25. The SMILES string of the molecule is CCC(CC)C(=O)Nc1nnc(SCC(=O)NCc2ccc3c(c2)OCO3)s1. The van der Waals surface area contributed by atoms with Gasteiger partial charge in [-0.25, -0.2) is 0 Å². The number of rotatable bonds is 9. The molecule has 2 aromatic rings. The molecular formula is C18H22N4O4S2. The van der Waals surface area contributed by atoms with Gasteiger partial charge in [0.05, 0.1) is 5.75 Å². The topological polar surface area (TPSA) is 102 Å². The summed E-state index contributed by atoms with van der Waals surface area (Å²) in [5, 5.41) is 14.1. The Morgan fingerprint density at radius 3 is 2.79 bits per heavy atom. The molecule has 0 fully saturated rings. The van der Waals surface area contributed by atoms with Crippen LogP contribution in [0.5, 0.6) is 11.5 Å². The summed E-state index contributed by atoms with van der Waals surface area (Å²) in [5.74, 6) is 1.45. The van der Waals surface area contributed by atoms with E-state index in [-0.39, 0.29) is 30.3 Å². The predicted molar refractivity (Wildman–Crippen MR) is 108 cm³/mol. The second kappa shape index (κ2) is 9.74. The summed E-state index contributed by atoms with van der Waals surface area (Å²) in [7, 11) is 0. The maximum absolute atomic E-state index is 12.1. The zero-order valence-electron chi connectivity index (χ0n) is 15.7. The molecule has 1 aromatic heterocycles. The van der Waals surface area contributed by atoms with Gasteiger partial charge < -0.3 is 20.1 Å². The highest BCUT2D eigenvalue weighted by atomic mass is 32.2. The molecule has 2 amide bonds. The Morgan fingerprint density at radius 2 is 2.00 bits per heavy atom. The number of fused-ring (bicyclic) bond motifs is 1. The van der Waals surface area contributed by atoms with Crippen molar-refractivity contribution in [2.75, 3.05) is 17.9 Å². The van der Waals surface area contributed by atoms with E-state index in [0.29, 0.717) is 27.5 Å². The maximum Gasteiger partial charge on any atom is 0.231 e. The normalized spacial score (nSPS) is 12.2. The Balaban J connectivity index is 1.42. The average Bonchev–Trinajstić information content (AvgIpc) is 3.34. The second-order valence-corrected chi connectivity index (χ2v) is 8.33. The van der Waals surface area contributed by atoms with Gasteiger partial charge in [0.1, 0.15) is 0 Å². The smallest absolute Gasteiger partial charge is 0.231 e. The van der Waals surface area contributed by atoms with Crippen LogP contribution < -0.4 is 20.1 Å². The van der Waals surface area contributed by atoms with Crippen molar-refractivity contribution in [3.8, 4) is 11.5 Å². The summed E-state index contributed by atoms with van der Waals surface area (Å²) in [5.41, 5.74) is 0.935. The lowest BCUT2D eigenvalue weighted by Gasteiger charge is -2.09. The quantitative estimate of drug-likeness (QED) is 0.473. The number of thioether (sulfide) groups is 1. The van der Waals surface area contributed by atoms with Crippen LogP contribution in [0.3, 0.4) is 0 Å². The van der Waals surface area contributed by atoms with Crippen LogP contribution in [0.15, 0.2) is 22.5 Å². The molecule has 0 saturated carbocycles. The van der Waals surface area contributed by atoms with Gasteiger partial charge in [0.15, 0.2) is 15.8 Å². The van der Waals surface area contributed by atoms with E-state index in [1.165, 1.54) is 23.1 Å². The highest BCUT2D eigenvalue weighted by molar-refractivity contribution is 8.01. The molecule has 0 saturated heterocycles. The highest BCUT2D eigenvalue weighted by Crippen LogP contribution is 2.32.